The highest BCUT2D eigenvalue weighted by molar-refractivity contribution is 5.94. The molecule has 0 aromatic carbocycles. The summed E-state index contributed by atoms with van der Waals surface area (Å²) in [6.07, 6.45) is 0.365. The van der Waals surface area contributed by atoms with Gasteiger partial charge in [-0.25, -0.2) is 9.78 Å². The Morgan fingerprint density at radius 1 is 1.39 bits per heavy atom. The first kappa shape index (κ1) is 13.8. The van der Waals surface area contributed by atoms with E-state index < -0.39 is 12.0 Å². The van der Waals surface area contributed by atoms with Crippen molar-refractivity contribution in [1.82, 2.24) is 15.6 Å². The minimum Gasteiger partial charge on any atom is -0.491 e. The molecule has 0 radical (unpaired) electrons. The Morgan fingerprint density at radius 3 is 2.78 bits per heavy atom. The van der Waals surface area contributed by atoms with Crippen LogP contribution in [0.25, 0.3) is 0 Å². The molecule has 3 N–H and O–H groups in total. The van der Waals surface area contributed by atoms with Crippen LogP contribution < -0.4 is 15.4 Å². The highest BCUT2D eigenvalue weighted by Crippen LogP contribution is 2.14. The van der Waals surface area contributed by atoms with Crippen molar-refractivity contribution < 1.29 is 19.4 Å². The fourth-order valence-corrected chi connectivity index (χ4v) is 1.26. The fourth-order valence-electron chi connectivity index (χ4n) is 1.26. The summed E-state index contributed by atoms with van der Waals surface area (Å²) in [5.74, 6) is 0.00920. The highest BCUT2D eigenvalue weighted by atomic mass is 16.5. The highest BCUT2D eigenvalue weighted by Gasteiger charge is 2.12. The Hall–Kier alpha value is -2.31. The Labute approximate surface area is 104 Å². The zero-order valence-electron chi connectivity index (χ0n) is 9.97. The van der Waals surface area contributed by atoms with Crippen molar-refractivity contribution >= 4 is 12.0 Å². The first-order valence-electron chi connectivity index (χ1n) is 5.48. The lowest BCUT2D eigenvalue weighted by Gasteiger charge is -2.09. The largest absolute Gasteiger partial charge is 0.491 e. The van der Waals surface area contributed by atoms with Gasteiger partial charge < -0.3 is 20.5 Å². The molecule has 0 aliphatic rings. The predicted octanol–water partition coefficient (Wildman–Crippen LogP) is 0.478. The first-order chi connectivity index (χ1) is 8.65. The van der Waals surface area contributed by atoms with E-state index in [-0.39, 0.29) is 18.8 Å². The molecule has 0 atom stereocenters. The summed E-state index contributed by atoms with van der Waals surface area (Å²) in [5, 5.41) is 13.0. The van der Waals surface area contributed by atoms with Crippen molar-refractivity contribution in [3.63, 3.8) is 0 Å². The summed E-state index contributed by atoms with van der Waals surface area (Å²) < 4.78 is 5.27. The number of carbonyl (C=O) groups is 2. The third-order valence-corrected chi connectivity index (χ3v) is 1.97. The van der Waals surface area contributed by atoms with Gasteiger partial charge in [-0.05, 0) is 19.1 Å². The minimum atomic E-state index is -1.13. The molecule has 0 saturated heterocycles. The average Bonchev–Trinajstić information content (AvgIpc) is 2.35. The number of nitrogens with one attached hydrogen (secondary N) is 2. The summed E-state index contributed by atoms with van der Waals surface area (Å²) >= 11 is 0. The third kappa shape index (κ3) is 4.28. The molecule has 18 heavy (non-hydrogen) atoms. The van der Waals surface area contributed by atoms with E-state index in [2.05, 4.69) is 15.6 Å². The fraction of sp³-hybridized carbons (Fsp3) is 0.364. The monoisotopic (exact) mass is 253 g/mol. The molecule has 0 unspecified atom stereocenters. The molecular weight excluding hydrogens is 238 g/mol. The Kier molecular flexibility index (Phi) is 5.43. The van der Waals surface area contributed by atoms with Gasteiger partial charge in [0.2, 0.25) is 0 Å². The number of pyridine rings is 1. The van der Waals surface area contributed by atoms with Crippen LogP contribution in [-0.4, -0.2) is 41.8 Å². The molecule has 0 aliphatic carbocycles. The van der Waals surface area contributed by atoms with Crippen LogP contribution in [-0.2, 0) is 0 Å². The van der Waals surface area contributed by atoms with Crippen molar-refractivity contribution in [1.29, 1.82) is 0 Å². The van der Waals surface area contributed by atoms with Crippen LogP contribution in [0.4, 0.5) is 4.79 Å². The van der Waals surface area contributed by atoms with Gasteiger partial charge >= 0.3 is 6.09 Å². The van der Waals surface area contributed by atoms with Crippen molar-refractivity contribution in [2.45, 2.75) is 6.92 Å². The number of hydrogen-bond donors (Lipinski definition) is 3. The van der Waals surface area contributed by atoms with Crippen molar-refractivity contribution in [2.24, 2.45) is 0 Å². The van der Waals surface area contributed by atoms with Gasteiger partial charge in [0.15, 0.2) is 11.4 Å². The van der Waals surface area contributed by atoms with Crippen LogP contribution >= 0.6 is 0 Å². The SMILES string of the molecule is CCOc1cccnc1C(=O)NCCNC(=O)O. The molecule has 0 bridgehead atoms. The number of carbonyl (C=O) groups excluding carboxylic acids is 1. The molecule has 1 rings (SSSR count). The molecule has 7 nitrogen and oxygen atoms in total. The molecule has 98 valence electrons. The Morgan fingerprint density at radius 2 is 2.11 bits per heavy atom. The summed E-state index contributed by atoms with van der Waals surface area (Å²) in [6, 6.07) is 3.33. The van der Waals surface area contributed by atoms with Crippen LogP contribution in [0.15, 0.2) is 18.3 Å². The molecule has 0 fully saturated rings. The number of amides is 2. The van der Waals surface area contributed by atoms with Crippen LogP contribution in [0.1, 0.15) is 17.4 Å². The van der Waals surface area contributed by atoms with Gasteiger partial charge in [-0.1, -0.05) is 0 Å². The van der Waals surface area contributed by atoms with Gasteiger partial charge in [0, 0.05) is 19.3 Å². The van der Waals surface area contributed by atoms with E-state index >= 15 is 0 Å². The topological polar surface area (TPSA) is 101 Å². The van der Waals surface area contributed by atoms with Crippen molar-refractivity contribution in [2.75, 3.05) is 19.7 Å². The van der Waals surface area contributed by atoms with Crippen molar-refractivity contribution in [3.8, 4) is 5.75 Å². The molecule has 0 saturated carbocycles. The second kappa shape index (κ2) is 7.10. The number of nitrogens with zero attached hydrogens (tertiary/aromatic N) is 1. The number of ether oxygens (including phenoxy) is 1. The quantitative estimate of drug-likeness (QED) is 0.640. The zero-order valence-corrected chi connectivity index (χ0v) is 9.97. The number of aromatic nitrogens is 1. The Bertz CT molecular complexity index is 423. The smallest absolute Gasteiger partial charge is 0.404 e. The summed E-state index contributed by atoms with van der Waals surface area (Å²) in [4.78, 5) is 25.9. The Balaban J connectivity index is 2.53. The van der Waals surface area contributed by atoms with Gasteiger partial charge in [-0.15, -0.1) is 0 Å². The third-order valence-electron chi connectivity index (χ3n) is 1.97. The lowest BCUT2D eigenvalue weighted by atomic mass is 10.3. The maximum atomic E-state index is 11.8. The second-order valence-electron chi connectivity index (χ2n) is 3.27. The lowest BCUT2D eigenvalue weighted by Crippen LogP contribution is -2.34. The molecule has 1 aromatic rings. The molecule has 2 amide bonds. The summed E-state index contributed by atoms with van der Waals surface area (Å²) in [6.45, 7) is 2.57. The van der Waals surface area contributed by atoms with E-state index in [9.17, 15) is 9.59 Å². The van der Waals surface area contributed by atoms with Crippen LogP contribution in [0, 0.1) is 0 Å². The van der Waals surface area contributed by atoms with Crippen LogP contribution in [0.5, 0.6) is 5.75 Å². The normalized spacial score (nSPS) is 9.61. The van der Waals surface area contributed by atoms with Gasteiger partial charge in [-0.2, -0.15) is 0 Å². The number of carboxylic acid groups (broad SMARTS) is 1. The molecule has 1 heterocycles. The summed E-state index contributed by atoms with van der Waals surface area (Å²) in [7, 11) is 0. The molecule has 0 aliphatic heterocycles. The van der Waals surface area contributed by atoms with Gasteiger partial charge in [0.1, 0.15) is 0 Å². The van der Waals surface area contributed by atoms with E-state index in [1.54, 1.807) is 12.1 Å². The summed E-state index contributed by atoms with van der Waals surface area (Å²) in [5.41, 5.74) is 0.190. The van der Waals surface area contributed by atoms with E-state index in [4.69, 9.17) is 9.84 Å². The molecule has 1 aromatic heterocycles. The van der Waals surface area contributed by atoms with E-state index in [0.29, 0.717) is 12.4 Å². The van der Waals surface area contributed by atoms with Gasteiger partial charge in [-0.3, -0.25) is 4.79 Å². The van der Waals surface area contributed by atoms with Gasteiger partial charge in [0.25, 0.3) is 5.91 Å². The predicted molar refractivity (Wildman–Crippen MR) is 63.8 cm³/mol. The standard InChI is InChI=1S/C11H15N3O4/c1-2-18-8-4-3-5-12-9(8)10(15)13-6-7-14-11(16)17/h3-5,14H,2,6-7H2,1H3,(H,13,15)(H,16,17). The molecular formula is C11H15N3O4. The molecule has 7 heteroatoms. The molecule has 0 spiro atoms. The van der Waals surface area contributed by atoms with E-state index in [1.807, 2.05) is 6.92 Å². The second-order valence-corrected chi connectivity index (χ2v) is 3.27. The number of hydrogen-bond acceptors (Lipinski definition) is 4. The zero-order chi connectivity index (χ0) is 13.4. The average molecular weight is 253 g/mol. The maximum Gasteiger partial charge on any atom is 0.404 e. The van der Waals surface area contributed by atoms with E-state index in [0.717, 1.165) is 0 Å². The van der Waals surface area contributed by atoms with Crippen molar-refractivity contribution in [3.05, 3.63) is 24.0 Å². The van der Waals surface area contributed by atoms with Gasteiger partial charge in [0.05, 0.1) is 6.61 Å². The van der Waals surface area contributed by atoms with Crippen LogP contribution in [0.2, 0.25) is 0 Å². The lowest BCUT2D eigenvalue weighted by molar-refractivity contribution is 0.0944. The maximum absolute atomic E-state index is 11.8. The number of rotatable bonds is 6. The van der Waals surface area contributed by atoms with Crippen LogP contribution in [0.3, 0.4) is 0 Å². The van der Waals surface area contributed by atoms with E-state index in [1.165, 1.54) is 6.20 Å². The first-order valence-corrected chi connectivity index (χ1v) is 5.48. The minimum absolute atomic E-state index is 0.137.